The standard InChI is InChI=1S/C29H32F4N4O2S2/c1-37-14-12-23(22(30)17-37)36-25-6-3-5-20-21(16-29(31,32)33)27(40-28(20)25)7-4-13-35-24-11-10-19(15-26(24)39-2)41(34,38)18-8-9-18/h3,5-6,10-11,15,18,22-23,34-36H,8-9,12-14,16-17H2,1-2H3/t22-,23+,41-/m0/s1. The van der Waals surface area contributed by atoms with E-state index in [-0.39, 0.29) is 17.4 Å². The highest BCUT2D eigenvalue weighted by Gasteiger charge is 2.34. The Morgan fingerprint density at radius 3 is 2.66 bits per heavy atom. The van der Waals surface area contributed by atoms with E-state index in [1.165, 1.54) is 18.4 Å². The Kier molecular flexibility index (Phi) is 8.41. The van der Waals surface area contributed by atoms with Crippen LogP contribution in [-0.2, 0) is 16.1 Å². The molecule has 2 aromatic carbocycles. The topological polar surface area (TPSA) is 77.4 Å². The molecule has 1 aliphatic carbocycles. The summed E-state index contributed by atoms with van der Waals surface area (Å²) in [6.07, 6.45) is -4.47. The molecule has 0 radical (unpaired) electrons. The fourth-order valence-corrected chi connectivity index (χ4v) is 7.95. The van der Waals surface area contributed by atoms with Crippen LogP contribution in [0.4, 0.5) is 28.9 Å². The molecule has 6 nitrogen and oxygen atoms in total. The van der Waals surface area contributed by atoms with Gasteiger partial charge < -0.3 is 20.3 Å². The summed E-state index contributed by atoms with van der Waals surface area (Å²) in [4.78, 5) is 2.65. The normalized spacial score (nSPS) is 21.1. The number of nitrogens with zero attached hydrogens (tertiary/aromatic N) is 1. The van der Waals surface area contributed by atoms with Crippen LogP contribution < -0.4 is 15.4 Å². The van der Waals surface area contributed by atoms with E-state index in [1.807, 2.05) is 11.9 Å². The zero-order chi connectivity index (χ0) is 29.4. The van der Waals surface area contributed by atoms with Crippen LogP contribution in [-0.4, -0.2) is 66.5 Å². The van der Waals surface area contributed by atoms with Gasteiger partial charge in [0.2, 0.25) is 0 Å². The summed E-state index contributed by atoms with van der Waals surface area (Å²) in [6, 6.07) is 9.61. The van der Waals surface area contributed by atoms with Crippen molar-refractivity contribution >= 4 is 42.5 Å². The minimum absolute atomic E-state index is 0.112. The fourth-order valence-electron chi connectivity index (χ4n) is 5.04. The molecule has 1 saturated carbocycles. The first-order valence-corrected chi connectivity index (χ1v) is 15.8. The van der Waals surface area contributed by atoms with Gasteiger partial charge in [0.05, 0.1) is 61.7 Å². The molecule has 220 valence electrons. The van der Waals surface area contributed by atoms with Crippen LogP contribution in [0.15, 0.2) is 41.3 Å². The van der Waals surface area contributed by atoms with Gasteiger partial charge in [-0.1, -0.05) is 24.0 Å². The monoisotopic (exact) mass is 608 g/mol. The third-order valence-corrected chi connectivity index (χ3v) is 10.9. The molecule has 1 saturated heterocycles. The molecule has 3 N–H and O–H groups in total. The lowest BCUT2D eigenvalue weighted by molar-refractivity contribution is -0.126. The number of thiophene rings is 1. The van der Waals surface area contributed by atoms with Crippen molar-refractivity contribution < 1.29 is 26.5 Å². The van der Waals surface area contributed by atoms with Gasteiger partial charge in [-0.2, -0.15) is 13.2 Å². The van der Waals surface area contributed by atoms with Crippen LogP contribution in [0.5, 0.6) is 5.75 Å². The average Bonchev–Trinajstić information content (AvgIpc) is 3.72. The lowest BCUT2D eigenvalue weighted by Crippen LogP contribution is -2.46. The van der Waals surface area contributed by atoms with E-state index in [0.717, 1.165) is 19.4 Å². The smallest absolute Gasteiger partial charge is 0.393 e. The van der Waals surface area contributed by atoms with Gasteiger partial charge >= 0.3 is 6.18 Å². The van der Waals surface area contributed by atoms with Crippen molar-refractivity contribution in [3.63, 3.8) is 0 Å². The van der Waals surface area contributed by atoms with Gasteiger partial charge in [0, 0.05) is 18.3 Å². The predicted molar refractivity (Wildman–Crippen MR) is 157 cm³/mol. The Hall–Kier alpha value is -3.01. The molecule has 1 aromatic heterocycles. The van der Waals surface area contributed by atoms with Gasteiger partial charge in [0.15, 0.2) is 0 Å². The Balaban J connectivity index is 1.38. The van der Waals surface area contributed by atoms with Crippen molar-refractivity contribution in [1.82, 2.24) is 4.90 Å². The van der Waals surface area contributed by atoms with E-state index in [0.29, 0.717) is 49.9 Å². The number of hydrogen-bond acceptors (Lipinski definition) is 7. The third-order valence-electron chi connectivity index (χ3n) is 7.37. The molecule has 0 unspecified atom stereocenters. The third kappa shape index (κ3) is 6.74. The number of fused-ring (bicyclic) bond motifs is 1. The largest absolute Gasteiger partial charge is 0.495 e. The van der Waals surface area contributed by atoms with E-state index in [9.17, 15) is 21.8 Å². The highest BCUT2D eigenvalue weighted by Crippen LogP contribution is 2.40. The van der Waals surface area contributed by atoms with E-state index < -0.39 is 34.5 Å². The van der Waals surface area contributed by atoms with Crippen molar-refractivity contribution in [2.45, 2.75) is 54.2 Å². The van der Waals surface area contributed by atoms with Gasteiger partial charge in [-0.25, -0.2) is 13.4 Å². The number of rotatable bonds is 8. The number of likely N-dealkylation sites (tertiary alicyclic amines) is 1. The van der Waals surface area contributed by atoms with Crippen LogP contribution in [0.25, 0.3) is 10.1 Å². The molecule has 41 heavy (non-hydrogen) atoms. The molecule has 0 spiro atoms. The molecule has 5 rings (SSSR count). The van der Waals surface area contributed by atoms with Crippen molar-refractivity contribution in [2.75, 3.05) is 44.4 Å². The van der Waals surface area contributed by atoms with Gasteiger partial charge in [-0.15, -0.1) is 11.3 Å². The number of anilines is 2. The van der Waals surface area contributed by atoms with Crippen LogP contribution in [0, 0.1) is 16.6 Å². The van der Waals surface area contributed by atoms with Crippen LogP contribution in [0.2, 0.25) is 0 Å². The van der Waals surface area contributed by atoms with Crippen LogP contribution >= 0.6 is 11.3 Å². The highest BCUT2D eigenvalue weighted by molar-refractivity contribution is 7.93. The maximum absolute atomic E-state index is 14.7. The maximum Gasteiger partial charge on any atom is 0.393 e. The van der Waals surface area contributed by atoms with Gasteiger partial charge in [-0.05, 0) is 61.5 Å². The molecule has 2 heterocycles. The van der Waals surface area contributed by atoms with Gasteiger partial charge in [0.1, 0.15) is 11.9 Å². The molecule has 2 aliphatic rings. The zero-order valence-electron chi connectivity index (χ0n) is 22.7. The zero-order valence-corrected chi connectivity index (χ0v) is 24.4. The number of alkyl halides is 4. The second-order valence-electron chi connectivity index (χ2n) is 10.5. The van der Waals surface area contributed by atoms with E-state index in [4.69, 9.17) is 9.52 Å². The number of nitrogens with one attached hydrogen (secondary N) is 3. The first-order valence-electron chi connectivity index (χ1n) is 13.3. The maximum atomic E-state index is 14.7. The number of benzene rings is 2. The first kappa shape index (κ1) is 29.5. The van der Waals surface area contributed by atoms with E-state index in [2.05, 4.69) is 22.5 Å². The Labute approximate surface area is 241 Å². The number of piperidine rings is 1. The summed E-state index contributed by atoms with van der Waals surface area (Å²) in [5.41, 5.74) is 1.30. The second-order valence-corrected chi connectivity index (χ2v) is 13.9. The van der Waals surface area contributed by atoms with Crippen molar-refractivity contribution in [1.29, 1.82) is 4.78 Å². The molecular formula is C29H32F4N4O2S2. The van der Waals surface area contributed by atoms with Crippen molar-refractivity contribution in [2.24, 2.45) is 0 Å². The van der Waals surface area contributed by atoms with E-state index >= 15 is 0 Å². The van der Waals surface area contributed by atoms with Crippen LogP contribution in [0.1, 0.15) is 29.7 Å². The minimum Gasteiger partial charge on any atom is -0.495 e. The molecule has 1 aliphatic heterocycles. The number of hydrogen-bond donors (Lipinski definition) is 3. The summed E-state index contributed by atoms with van der Waals surface area (Å²) in [5.74, 6) is 6.26. The lowest BCUT2D eigenvalue weighted by Gasteiger charge is -2.33. The highest BCUT2D eigenvalue weighted by atomic mass is 32.2. The molecule has 3 aromatic rings. The summed E-state index contributed by atoms with van der Waals surface area (Å²) in [5, 5.41) is 6.69. The number of methoxy groups -OCH3 is 1. The van der Waals surface area contributed by atoms with Crippen molar-refractivity contribution in [3.05, 3.63) is 46.8 Å². The minimum atomic E-state index is -4.42. The predicted octanol–water partition coefficient (Wildman–Crippen LogP) is 6.50. The molecule has 12 heteroatoms. The van der Waals surface area contributed by atoms with Crippen molar-refractivity contribution in [3.8, 4) is 17.6 Å². The Morgan fingerprint density at radius 1 is 1.20 bits per heavy atom. The number of halogens is 4. The Bertz CT molecular complexity index is 1590. The molecular weight excluding hydrogens is 576 g/mol. The van der Waals surface area contributed by atoms with Crippen LogP contribution in [0.3, 0.4) is 0 Å². The lowest BCUT2D eigenvalue weighted by atomic mass is 10.0. The molecule has 0 amide bonds. The van der Waals surface area contributed by atoms with Gasteiger partial charge in [0.25, 0.3) is 0 Å². The van der Waals surface area contributed by atoms with Gasteiger partial charge in [-0.3, -0.25) is 0 Å². The van der Waals surface area contributed by atoms with E-state index in [1.54, 1.807) is 36.4 Å². The summed E-state index contributed by atoms with van der Waals surface area (Å²) < 4.78 is 82.5. The quantitative estimate of drug-likeness (QED) is 0.201. The molecule has 0 bridgehead atoms. The first-order chi connectivity index (χ1) is 19.5. The fraction of sp³-hybridized carbons (Fsp3) is 0.448. The Morgan fingerprint density at radius 2 is 1.98 bits per heavy atom. The molecule has 3 atom stereocenters. The summed E-state index contributed by atoms with van der Waals surface area (Å²) in [7, 11) is 0.455. The summed E-state index contributed by atoms with van der Waals surface area (Å²) in [6.45, 7) is 1.16. The average molecular weight is 609 g/mol. The second kappa shape index (κ2) is 11.7. The summed E-state index contributed by atoms with van der Waals surface area (Å²) >= 11 is 1.17. The SMILES string of the molecule is COc1cc([S@@](=N)(=O)C2CC2)ccc1NCC#Cc1sc2c(N[C@@H]3CCN(C)C[C@@H]3F)cccc2c1CC(F)(F)F. The molecule has 2 fully saturated rings. The number of ether oxygens (including phenoxy) is 1.